The van der Waals surface area contributed by atoms with Crippen molar-refractivity contribution < 1.29 is 23.8 Å². The number of hydrogen-bond donors (Lipinski definition) is 1. The molecule has 0 radical (unpaired) electrons. The first-order valence-corrected chi connectivity index (χ1v) is 6.47. The number of benzene rings is 1. The summed E-state index contributed by atoms with van der Waals surface area (Å²) < 4.78 is 15.2. The summed E-state index contributed by atoms with van der Waals surface area (Å²) in [5, 5.41) is 2.70. The van der Waals surface area contributed by atoms with Gasteiger partial charge in [0.25, 0.3) is 5.91 Å². The molecule has 1 aromatic carbocycles. The van der Waals surface area contributed by atoms with Crippen LogP contribution in [0.15, 0.2) is 18.2 Å². The van der Waals surface area contributed by atoms with E-state index in [0.29, 0.717) is 11.5 Å². The molecule has 0 saturated heterocycles. The van der Waals surface area contributed by atoms with Gasteiger partial charge in [-0.1, -0.05) is 6.07 Å². The molecule has 21 heavy (non-hydrogen) atoms. The van der Waals surface area contributed by atoms with Gasteiger partial charge in [0.15, 0.2) is 6.61 Å². The van der Waals surface area contributed by atoms with Crippen LogP contribution in [-0.2, 0) is 9.53 Å². The molecule has 6 nitrogen and oxygen atoms in total. The van der Waals surface area contributed by atoms with Gasteiger partial charge >= 0.3 is 5.97 Å². The summed E-state index contributed by atoms with van der Waals surface area (Å²) in [4.78, 5) is 23.8. The van der Waals surface area contributed by atoms with E-state index < -0.39 is 5.97 Å². The maximum Gasteiger partial charge on any atom is 0.346 e. The number of hydrogen-bond acceptors (Lipinski definition) is 5. The van der Waals surface area contributed by atoms with Crippen LogP contribution < -0.4 is 14.8 Å². The van der Waals surface area contributed by atoms with Crippen molar-refractivity contribution >= 4 is 11.9 Å². The van der Waals surface area contributed by atoms with Crippen LogP contribution in [0.25, 0.3) is 0 Å². The van der Waals surface area contributed by atoms with Gasteiger partial charge in [0.05, 0.1) is 14.2 Å². The van der Waals surface area contributed by atoms with E-state index in [2.05, 4.69) is 5.32 Å². The van der Waals surface area contributed by atoms with Crippen LogP contribution in [-0.4, -0.2) is 38.2 Å². The number of rotatable bonds is 5. The van der Waals surface area contributed by atoms with E-state index in [1.54, 1.807) is 18.2 Å². The van der Waals surface area contributed by atoms with Crippen LogP contribution in [0.2, 0.25) is 0 Å². The zero-order valence-corrected chi connectivity index (χ0v) is 13.0. The highest BCUT2D eigenvalue weighted by Gasteiger charge is 2.21. The Hall–Kier alpha value is -2.24. The average molecular weight is 295 g/mol. The Morgan fingerprint density at radius 3 is 2.05 bits per heavy atom. The molecule has 0 heterocycles. The lowest BCUT2D eigenvalue weighted by Gasteiger charge is -2.20. The lowest BCUT2D eigenvalue weighted by molar-refractivity contribution is -0.125. The van der Waals surface area contributed by atoms with Gasteiger partial charge in [-0.2, -0.15) is 0 Å². The number of methoxy groups -OCH3 is 2. The predicted molar refractivity (Wildman–Crippen MR) is 77.7 cm³/mol. The highest BCUT2D eigenvalue weighted by molar-refractivity contribution is 5.96. The van der Waals surface area contributed by atoms with Crippen LogP contribution in [0.1, 0.15) is 31.1 Å². The summed E-state index contributed by atoms with van der Waals surface area (Å²) in [5.74, 6) is -0.385. The Bertz CT molecular complexity index is 497. The quantitative estimate of drug-likeness (QED) is 0.838. The minimum atomic E-state index is -0.673. The maximum atomic E-state index is 12.1. The fraction of sp³-hybridized carbons (Fsp3) is 0.467. The number of esters is 1. The normalized spacial score (nSPS) is 10.7. The van der Waals surface area contributed by atoms with Crippen LogP contribution >= 0.6 is 0 Å². The van der Waals surface area contributed by atoms with E-state index in [0.717, 1.165) is 0 Å². The predicted octanol–water partition coefficient (Wildman–Crippen LogP) is 1.78. The molecule has 1 rings (SSSR count). The van der Waals surface area contributed by atoms with Gasteiger partial charge in [0.2, 0.25) is 0 Å². The molecule has 0 aliphatic carbocycles. The molecule has 0 bridgehead atoms. The maximum absolute atomic E-state index is 12.1. The van der Waals surface area contributed by atoms with Crippen molar-refractivity contribution in [3.8, 4) is 11.5 Å². The van der Waals surface area contributed by atoms with Gasteiger partial charge in [-0.15, -0.1) is 0 Å². The fourth-order valence-electron chi connectivity index (χ4n) is 1.71. The molecule has 0 saturated carbocycles. The van der Waals surface area contributed by atoms with Gasteiger partial charge in [-0.3, -0.25) is 4.79 Å². The van der Waals surface area contributed by atoms with Gasteiger partial charge < -0.3 is 19.5 Å². The first-order valence-electron chi connectivity index (χ1n) is 6.47. The molecule has 1 amide bonds. The van der Waals surface area contributed by atoms with E-state index in [-0.39, 0.29) is 23.6 Å². The largest absolute Gasteiger partial charge is 0.496 e. The second-order valence-electron chi connectivity index (χ2n) is 5.41. The number of ether oxygens (including phenoxy) is 3. The Balaban J connectivity index is 2.79. The molecule has 0 aliphatic heterocycles. The first-order chi connectivity index (χ1) is 9.78. The van der Waals surface area contributed by atoms with Gasteiger partial charge in [0.1, 0.15) is 17.1 Å². The number of carbonyl (C=O) groups excluding carboxylic acids is 2. The van der Waals surface area contributed by atoms with E-state index in [4.69, 9.17) is 14.2 Å². The molecule has 1 N–H and O–H groups in total. The van der Waals surface area contributed by atoms with Crippen molar-refractivity contribution in [3.05, 3.63) is 23.8 Å². The molecule has 0 atom stereocenters. The molecule has 0 unspecified atom stereocenters. The average Bonchev–Trinajstić information content (AvgIpc) is 2.41. The standard InChI is InChI=1S/C15H21NO5/c1-15(2,3)16-12(17)9-21-14(18)13-10(19-4)7-6-8-11(13)20-5/h6-8H,9H2,1-5H3,(H,16,17). The molecule has 0 aliphatic rings. The molecular weight excluding hydrogens is 274 g/mol. The Morgan fingerprint density at radius 1 is 1.10 bits per heavy atom. The molecule has 1 aromatic rings. The molecule has 116 valence electrons. The van der Waals surface area contributed by atoms with Crippen LogP contribution in [0.3, 0.4) is 0 Å². The van der Waals surface area contributed by atoms with E-state index in [1.165, 1.54) is 14.2 Å². The highest BCUT2D eigenvalue weighted by atomic mass is 16.5. The number of carbonyl (C=O) groups is 2. The highest BCUT2D eigenvalue weighted by Crippen LogP contribution is 2.28. The summed E-state index contributed by atoms with van der Waals surface area (Å²) in [6, 6.07) is 4.93. The summed E-state index contributed by atoms with van der Waals surface area (Å²) in [5.41, 5.74) is -0.225. The Labute approximate surface area is 124 Å². The van der Waals surface area contributed by atoms with Gasteiger partial charge in [-0.05, 0) is 32.9 Å². The molecule has 0 aromatic heterocycles. The number of nitrogens with one attached hydrogen (secondary N) is 1. The summed E-state index contributed by atoms with van der Waals surface area (Å²) in [6.07, 6.45) is 0. The summed E-state index contributed by atoms with van der Waals surface area (Å²) in [7, 11) is 2.88. The van der Waals surface area contributed by atoms with Crippen LogP contribution in [0.5, 0.6) is 11.5 Å². The van der Waals surface area contributed by atoms with E-state index in [1.807, 2.05) is 20.8 Å². The lowest BCUT2D eigenvalue weighted by atomic mass is 10.1. The topological polar surface area (TPSA) is 73.9 Å². The molecular formula is C15H21NO5. The Kier molecular flexibility index (Phi) is 5.58. The SMILES string of the molecule is COc1cccc(OC)c1C(=O)OCC(=O)NC(C)(C)C. The first kappa shape index (κ1) is 16.8. The second-order valence-corrected chi connectivity index (χ2v) is 5.41. The Morgan fingerprint density at radius 2 is 1.62 bits per heavy atom. The third-order valence-electron chi connectivity index (χ3n) is 2.48. The van der Waals surface area contributed by atoms with Crippen molar-refractivity contribution in [1.29, 1.82) is 0 Å². The molecule has 6 heteroatoms. The minimum absolute atomic E-state index is 0.158. The van der Waals surface area contributed by atoms with Crippen LogP contribution in [0, 0.1) is 0 Å². The lowest BCUT2D eigenvalue weighted by Crippen LogP contribution is -2.42. The molecule has 0 spiro atoms. The number of amides is 1. The van der Waals surface area contributed by atoms with Crippen LogP contribution in [0.4, 0.5) is 0 Å². The van der Waals surface area contributed by atoms with Gasteiger partial charge in [-0.25, -0.2) is 4.79 Å². The molecule has 0 fully saturated rings. The van der Waals surface area contributed by atoms with Gasteiger partial charge in [0, 0.05) is 5.54 Å². The van der Waals surface area contributed by atoms with Crippen molar-refractivity contribution in [2.24, 2.45) is 0 Å². The smallest absolute Gasteiger partial charge is 0.346 e. The fourth-order valence-corrected chi connectivity index (χ4v) is 1.71. The van der Waals surface area contributed by atoms with Crippen molar-refractivity contribution in [2.45, 2.75) is 26.3 Å². The second kappa shape index (κ2) is 6.97. The van der Waals surface area contributed by atoms with Crippen molar-refractivity contribution in [3.63, 3.8) is 0 Å². The zero-order valence-electron chi connectivity index (χ0n) is 13.0. The third-order valence-corrected chi connectivity index (χ3v) is 2.48. The third kappa shape index (κ3) is 4.98. The van der Waals surface area contributed by atoms with Crippen molar-refractivity contribution in [1.82, 2.24) is 5.32 Å². The van der Waals surface area contributed by atoms with E-state index >= 15 is 0 Å². The minimum Gasteiger partial charge on any atom is -0.496 e. The summed E-state index contributed by atoms with van der Waals surface area (Å²) >= 11 is 0. The van der Waals surface area contributed by atoms with Crippen molar-refractivity contribution in [2.75, 3.05) is 20.8 Å². The van der Waals surface area contributed by atoms with E-state index in [9.17, 15) is 9.59 Å². The summed E-state index contributed by atoms with van der Waals surface area (Å²) in [6.45, 7) is 5.17. The zero-order chi connectivity index (χ0) is 16.0. The monoisotopic (exact) mass is 295 g/mol.